The maximum Gasteiger partial charge on any atom is 0.433 e. The third-order valence-electron chi connectivity index (χ3n) is 4.81. The average molecular weight is 460 g/mol. The van der Waals surface area contributed by atoms with Crippen LogP contribution in [-0.4, -0.2) is 33.1 Å². The van der Waals surface area contributed by atoms with Gasteiger partial charge in [0.1, 0.15) is 5.56 Å². The third kappa shape index (κ3) is 5.39. The van der Waals surface area contributed by atoms with E-state index in [1.165, 1.54) is 6.92 Å². The number of carbonyl (C=O) groups excluding carboxylic acids is 2. The van der Waals surface area contributed by atoms with Crippen molar-refractivity contribution in [1.82, 2.24) is 19.9 Å². The summed E-state index contributed by atoms with van der Waals surface area (Å²) in [6.45, 7) is 7.27. The molecule has 2 aromatic heterocycles. The summed E-state index contributed by atoms with van der Waals surface area (Å²) in [7, 11) is 0. The highest BCUT2D eigenvalue weighted by Crippen LogP contribution is 2.33. The number of amides is 1. The van der Waals surface area contributed by atoms with Crippen molar-refractivity contribution in [3.05, 3.63) is 65.1 Å². The van der Waals surface area contributed by atoms with Crippen molar-refractivity contribution in [2.24, 2.45) is 0 Å². The van der Waals surface area contributed by atoms with Gasteiger partial charge in [-0.2, -0.15) is 18.3 Å². The van der Waals surface area contributed by atoms with Crippen LogP contribution in [-0.2, 0) is 15.7 Å². The Labute approximate surface area is 188 Å². The number of alkyl halides is 3. The minimum atomic E-state index is -4.73. The molecular formula is C23H23F3N4O3. The van der Waals surface area contributed by atoms with E-state index in [0.29, 0.717) is 10.1 Å². The zero-order valence-corrected chi connectivity index (χ0v) is 18.5. The lowest BCUT2D eigenvalue weighted by Crippen LogP contribution is -2.22. The molecule has 2 heterocycles. The van der Waals surface area contributed by atoms with Gasteiger partial charge in [0.2, 0.25) is 0 Å². The summed E-state index contributed by atoms with van der Waals surface area (Å²) in [4.78, 5) is 28.6. The van der Waals surface area contributed by atoms with Gasteiger partial charge in [-0.25, -0.2) is 14.3 Å². The van der Waals surface area contributed by atoms with Gasteiger partial charge in [0.25, 0.3) is 5.91 Å². The van der Waals surface area contributed by atoms with E-state index in [2.05, 4.69) is 15.4 Å². The Balaban J connectivity index is 2.07. The zero-order valence-electron chi connectivity index (χ0n) is 18.5. The standard InChI is InChI=1S/C23H23F3N4O3/c1-5-33-20(31)10-14(4)28-22(32)17-12-27-30-19(23(24,25)26)11-18(29-21(17)30)16-8-6-15(7-9-16)13(2)3/h6-13H,5H2,1-4H3,(H,28,32)/b14-10+. The van der Waals surface area contributed by atoms with Crippen LogP contribution in [0.4, 0.5) is 13.2 Å². The molecule has 1 N–H and O–H groups in total. The first-order valence-electron chi connectivity index (χ1n) is 10.2. The summed E-state index contributed by atoms with van der Waals surface area (Å²) in [5.74, 6) is -1.15. The molecule has 0 atom stereocenters. The van der Waals surface area contributed by atoms with E-state index < -0.39 is 23.7 Å². The van der Waals surface area contributed by atoms with Gasteiger partial charge >= 0.3 is 12.1 Å². The fraction of sp³-hybridized carbons (Fsp3) is 0.304. The van der Waals surface area contributed by atoms with Crippen molar-refractivity contribution in [2.45, 2.75) is 39.8 Å². The Morgan fingerprint density at radius 1 is 1.21 bits per heavy atom. The van der Waals surface area contributed by atoms with E-state index in [-0.39, 0.29) is 35.1 Å². The van der Waals surface area contributed by atoms with E-state index in [4.69, 9.17) is 4.74 Å². The van der Waals surface area contributed by atoms with Crippen LogP contribution < -0.4 is 5.32 Å². The first-order valence-corrected chi connectivity index (χ1v) is 10.2. The van der Waals surface area contributed by atoms with E-state index in [0.717, 1.165) is 23.9 Å². The molecule has 0 aliphatic rings. The van der Waals surface area contributed by atoms with Crippen LogP contribution in [0.2, 0.25) is 0 Å². The van der Waals surface area contributed by atoms with E-state index >= 15 is 0 Å². The minimum Gasteiger partial charge on any atom is -0.463 e. The van der Waals surface area contributed by atoms with Crippen LogP contribution in [0.3, 0.4) is 0 Å². The normalized spacial score (nSPS) is 12.3. The second-order valence-corrected chi connectivity index (χ2v) is 7.63. The summed E-state index contributed by atoms with van der Waals surface area (Å²) < 4.78 is 46.7. The molecule has 0 unspecified atom stereocenters. The molecule has 0 radical (unpaired) electrons. The molecule has 33 heavy (non-hydrogen) atoms. The number of aromatic nitrogens is 3. The number of allylic oxidation sites excluding steroid dienone is 1. The molecule has 1 amide bonds. The molecule has 0 spiro atoms. The Morgan fingerprint density at radius 3 is 2.45 bits per heavy atom. The molecule has 7 nitrogen and oxygen atoms in total. The predicted molar refractivity (Wildman–Crippen MR) is 115 cm³/mol. The molecule has 3 rings (SSSR count). The van der Waals surface area contributed by atoms with Gasteiger partial charge in [0.05, 0.1) is 18.5 Å². The number of carbonyl (C=O) groups is 2. The molecule has 0 saturated heterocycles. The van der Waals surface area contributed by atoms with Gasteiger partial charge < -0.3 is 10.1 Å². The quantitative estimate of drug-likeness (QED) is 0.424. The number of esters is 1. The molecule has 174 valence electrons. The Kier molecular flexibility index (Phi) is 6.85. The fourth-order valence-corrected chi connectivity index (χ4v) is 3.15. The van der Waals surface area contributed by atoms with Crippen LogP contribution in [0, 0.1) is 0 Å². The van der Waals surface area contributed by atoms with Crippen molar-refractivity contribution in [1.29, 1.82) is 0 Å². The monoisotopic (exact) mass is 460 g/mol. The molecule has 0 bridgehead atoms. The number of ether oxygens (including phenoxy) is 1. The number of hydrogen-bond acceptors (Lipinski definition) is 5. The maximum atomic E-state index is 13.8. The Hall–Kier alpha value is -3.69. The van der Waals surface area contributed by atoms with Crippen molar-refractivity contribution >= 4 is 17.5 Å². The van der Waals surface area contributed by atoms with Gasteiger partial charge in [0, 0.05) is 17.3 Å². The molecule has 3 aromatic rings. The second-order valence-electron chi connectivity index (χ2n) is 7.63. The summed E-state index contributed by atoms with van der Waals surface area (Å²) in [5.41, 5.74) is 0.232. The zero-order chi connectivity index (χ0) is 24.3. The van der Waals surface area contributed by atoms with E-state index in [1.54, 1.807) is 19.1 Å². The lowest BCUT2D eigenvalue weighted by Gasteiger charge is -2.12. The lowest BCUT2D eigenvalue weighted by molar-refractivity contribution is -0.142. The predicted octanol–water partition coefficient (Wildman–Crippen LogP) is 4.74. The SMILES string of the molecule is CCOC(=O)/C=C(\C)NC(=O)c1cnn2c(C(F)(F)F)cc(-c3ccc(C(C)C)cc3)nc12. The van der Waals surface area contributed by atoms with Gasteiger partial charge in [-0.05, 0) is 31.4 Å². The fourth-order valence-electron chi connectivity index (χ4n) is 3.15. The molecule has 10 heteroatoms. The van der Waals surface area contributed by atoms with Crippen molar-refractivity contribution in [3.63, 3.8) is 0 Å². The number of hydrogen-bond donors (Lipinski definition) is 1. The maximum absolute atomic E-state index is 13.8. The summed E-state index contributed by atoms with van der Waals surface area (Å²) >= 11 is 0. The van der Waals surface area contributed by atoms with Crippen LogP contribution >= 0.6 is 0 Å². The highest BCUT2D eigenvalue weighted by molar-refractivity contribution is 6.01. The molecule has 1 aromatic carbocycles. The number of fused-ring (bicyclic) bond motifs is 1. The van der Waals surface area contributed by atoms with Gasteiger partial charge in [-0.15, -0.1) is 0 Å². The molecule has 0 fully saturated rings. The Bertz CT molecular complexity index is 1210. The molecule has 0 saturated carbocycles. The smallest absolute Gasteiger partial charge is 0.433 e. The number of benzene rings is 1. The second kappa shape index (κ2) is 9.43. The van der Waals surface area contributed by atoms with Crippen LogP contribution in [0.25, 0.3) is 16.9 Å². The van der Waals surface area contributed by atoms with Gasteiger partial charge in [-0.1, -0.05) is 38.1 Å². The first-order chi connectivity index (χ1) is 15.5. The van der Waals surface area contributed by atoms with E-state index in [9.17, 15) is 22.8 Å². The van der Waals surface area contributed by atoms with Gasteiger partial charge in [-0.3, -0.25) is 4.79 Å². The number of nitrogens with zero attached hydrogens (tertiary/aromatic N) is 3. The van der Waals surface area contributed by atoms with Crippen LogP contribution in [0.5, 0.6) is 0 Å². The lowest BCUT2D eigenvalue weighted by atomic mass is 10.0. The van der Waals surface area contributed by atoms with Crippen molar-refractivity contribution in [3.8, 4) is 11.3 Å². The summed E-state index contributed by atoms with van der Waals surface area (Å²) in [6.07, 6.45) is -2.65. The Morgan fingerprint density at radius 2 is 1.88 bits per heavy atom. The van der Waals surface area contributed by atoms with Gasteiger partial charge in [0.15, 0.2) is 11.3 Å². The van der Waals surface area contributed by atoms with Crippen LogP contribution in [0.1, 0.15) is 55.2 Å². The number of halogens is 3. The summed E-state index contributed by atoms with van der Waals surface area (Å²) in [5, 5.41) is 6.19. The first kappa shape index (κ1) is 24.0. The molecule has 0 aliphatic heterocycles. The largest absolute Gasteiger partial charge is 0.463 e. The topological polar surface area (TPSA) is 85.6 Å². The molecule has 0 aliphatic carbocycles. The average Bonchev–Trinajstić information content (AvgIpc) is 3.16. The third-order valence-corrected chi connectivity index (χ3v) is 4.81. The highest BCUT2D eigenvalue weighted by atomic mass is 19.4. The highest BCUT2D eigenvalue weighted by Gasteiger charge is 2.36. The van der Waals surface area contributed by atoms with E-state index in [1.807, 2.05) is 26.0 Å². The van der Waals surface area contributed by atoms with Crippen LogP contribution in [0.15, 0.2) is 48.3 Å². The number of nitrogens with one attached hydrogen (secondary N) is 1. The number of rotatable bonds is 6. The van der Waals surface area contributed by atoms with Crippen molar-refractivity contribution < 1.29 is 27.5 Å². The van der Waals surface area contributed by atoms with Crippen molar-refractivity contribution in [2.75, 3.05) is 6.61 Å². The summed E-state index contributed by atoms with van der Waals surface area (Å²) in [6, 6.07) is 7.94. The molecular weight excluding hydrogens is 437 g/mol. The minimum absolute atomic E-state index is 0.0541.